The summed E-state index contributed by atoms with van der Waals surface area (Å²) in [7, 11) is 3.75. The van der Waals surface area contributed by atoms with Crippen LogP contribution in [0, 0.1) is 11.8 Å². The lowest BCUT2D eigenvalue weighted by Gasteiger charge is -2.35. The molecule has 114 valence electrons. The first-order chi connectivity index (χ1) is 9.67. The van der Waals surface area contributed by atoms with Crippen LogP contribution in [0.5, 0.6) is 0 Å². The van der Waals surface area contributed by atoms with Gasteiger partial charge >= 0.3 is 0 Å². The standard InChI is InChI=1S/C15H26ClN3O/c1-11-4-5-12(9-17-2)13(8-11)15-14(16)10-18-19(15)6-7-20-3/h10-13,17H,4-9H2,1-3H3. The molecule has 0 aromatic carbocycles. The highest BCUT2D eigenvalue weighted by atomic mass is 35.5. The second-order valence-electron chi connectivity index (χ2n) is 5.94. The van der Waals surface area contributed by atoms with Crippen molar-refractivity contribution in [1.29, 1.82) is 0 Å². The summed E-state index contributed by atoms with van der Waals surface area (Å²) in [6, 6.07) is 0. The maximum absolute atomic E-state index is 6.43. The van der Waals surface area contributed by atoms with Crippen molar-refractivity contribution in [3.05, 3.63) is 16.9 Å². The van der Waals surface area contributed by atoms with Gasteiger partial charge in [0.1, 0.15) is 0 Å². The predicted molar refractivity (Wildman–Crippen MR) is 82.3 cm³/mol. The van der Waals surface area contributed by atoms with Crippen molar-refractivity contribution in [1.82, 2.24) is 15.1 Å². The molecule has 0 aliphatic heterocycles. The van der Waals surface area contributed by atoms with E-state index in [-0.39, 0.29) is 0 Å². The summed E-state index contributed by atoms with van der Waals surface area (Å²) in [5, 5.41) is 8.57. The third-order valence-corrected chi connectivity index (χ3v) is 4.70. The zero-order valence-corrected chi connectivity index (χ0v) is 13.5. The number of hydrogen-bond donors (Lipinski definition) is 1. The Hall–Kier alpha value is -0.580. The van der Waals surface area contributed by atoms with Crippen LogP contribution in [-0.4, -0.2) is 37.1 Å². The van der Waals surface area contributed by atoms with E-state index in [9.17, 15) is 0 Å². The third-order valence-electron chi connectivity index (χ3n) is 4.41. The fraction of sp³-hybridized carbons (Fsp3) is 0.800. The number of methoxy groups -OCH3 is 1. The number of hydrogen-bond acceptors (Lipinski definition) is 3. The Morgan fingerprint density at radius 1 is 1.50 bits per heavy atom. The van der Waals surface area contributed by atoms with Gasteiger partial charge in [-0.25, -0.2) is 0 Å². The molecule has 1 aliphatic rings. The molecule has 1 aliphatic carbocycles. The van der Waals surface area contributed by atoms with Crippen molar-refractivity contribution >= 4 is 11.6 Å². The van der Waals surface area contributed by atoms with Gasteiger partial charge in [-0.3, -0.25) is 4.68 Å². The fourth-order valence-corrected chi connectivity index (χ4v) is 3.66. The molecule has 1 saturated carbocycles. The molecule has 0 spiro atoms. The SMILES string of the molecule is CNCC1CCC(C)CC1c1c(Cl)cnn1CCOC. The van der Waals surface area contributed by atoms with E-state index in [0.29, 0.717) is 18.4 Å². The van der Waals surface area contributed by atoms with Crippen LogP contribution in [0.25, 0.3) is 0 Å². The lowest BCUT2D eigenvalue weighted by molar-refractivity contribution is 0.177. The van der Waals surface area contributed by atoms with E-state index >= 15 is 0 Å². The van der Waals surface area contributed by atoms with E-state index in [1.54, 1.807) is 13.3 Å². The quantitative estimate of drug-likeness (QED) is 0.878. The van der Waals surface area contributed by atoms with Crippen molar-refractivity contribution in [2.45, 2.75) is 38.6 Å². The molecule has 2 rings (SSSR count). The van der Waals surface area contributed by atoms with Crippen LogP contribution < -0.4 is 5.32 Å². The minimum atomic E-state index is 0.498. The molecule has 20 heavy (non-hydrogen) atoms. The van der Waals surface area contributed by atoms with Crippen LogP contribution in [0.3, 0.4) is 0 Å². The normalized spacial score (nSPS) is 26.9. The Labute approximate surface area is 126 Å². The van der Waals surface area contributed by atoms with Crippen LogP contribution in [-0.2, 0) is 11.3 Å². The van der Waals surface area contributed by atoms with Gasteiger partial charge < -0.3 is 10.1 Å². The van der Waals surface area contributed by atoms with Gasteiger partial charge in [0.25, 0.3) is 0 Å². The van der Waals surface area contributed by atoms with Gasteiger partial charge in [-0.2, -0.15) is 5.10 Å². The smallest absolute Gasteiger partial charge is 0.0820 e. The highest BCUT2D eigenvalue weighted by Gasteiger charge is 2.33. The Balaban J connectivity index is 2.23. The largest absolute Gasteiger partial charge is 0.383 e. The average molecular weight is 300 g/mol. The zero-order chi connectivity index (χ0) is 14.5. The first-order valence-electron chi connectivity index (χ1n) is 7.52. The molecule has 1 aromatic heterocycles. The van der Waals surface area contributed by atoms with E-state index in [2.05, 4.69) is 17.3 Å². The monoisotopic (exact) mass is 299 g/mol. The van der Waals surface area contributed by atoms with Gasteiger partial charge in [-0.1, -0.05) is 24.9 Å². The second kappa shape index (κ2) is 7.43. The van der Waals surface area contributed by atoms with E-state index in [0.717, 1.165) is 24.0 Å². The van der Waals surface area contributed by atoms with E-state index in [1.165, 1.54) is 25.0 Å². The fourth-order valence-electron chi connectivity index (χ4n) is 3.38. The first kappa shape index (κ1) is 15.8. The number of aromatic nitrogens is 2. The van der Waals surface area contributed by atoms with Crippen molar-refractivity contribution in [2.75, 3.05) is 27.3 Å². The summed E-state index contributed by atoms with van der Waals surface area (Å²) in [5.41, 5.74) is 1.20. The molecular weight excluding hydrogens is 274 g/mol. The number of halogens is 1. The third kappa shape index (κ3) is 3.54. The van der Waals surface area contributed by atoms with Gasteiger partial charge in [0, 0.05) is 13.0 Å². The molecule has 0 amide bonds. The molecule has 1 aromatic rings. The Morgan fingerprint density at radius 2 is 2.30 bits per heavy atom. The lowest BCUT2D eigenvalue weighted by Crippen LogP contribution is -2.31. The Morgan fingerprint density at radius 3 is 3.00 bits per heavy atom. The highest BCUT2D eigenvalue weighted by molar-refractivity contribution is 6.31. The van der Waals surface area contributed by atoms with Gasteiger partial charge in [0.05, 0.1) is 30.1 Å². The van der Waals surface area contributed by atoms with Crippen LogP contribution in [0.4, 0.5) is 0 Å². The van der Waals surface area contributed by atoms with Crippen LogP contribution in [0.15, 0.2) is 6.20 Å². The number of nitrogens with zero attached hydrogens (tertiary/aromatic N) is 2. The summed E-state index contributed by atoms with van der Waals surface area (Å²) < 4.78 is 7.22. The van der Waals surface area contributed by atoms with Gasteiger partial charge in [0.2, 0.25) is 0 Å². The lowest BCUT2D eigenvalue weighted by atomic mass is 9.73. The summed E-state index contributed by atoms with van der Waals surface area (Å²) >= 11 is 6.43. The highest BCUT2D eigenvalue weighted by Crippen LogP contribution is 2.42. The van der Waals surface area contributed by atoms with E-state index in [4.69, 9.17) is 16.3 Å². The van der Waals surface area contributed by atoms with Crippen molar-refractivity contribution in [2.24, 2.45) is 11.8 Å². The molecule has 3 atom stereocenters. The molecule has 0 radical (unpaired) electrons. The minimum Gasteiger partial charge on any atom is -0.383 e. The predicted octanol–water partition coefficient (Wildman–Crippen LogP) is 2.92. The maximum atomic E-state index is 6.43. The summed E-state index contributed by atoms with van der Waals surface area (Å²) in [6.45, 7) is 4.83. The van der Waals surface area contributed by atoms with Crippen molar-refractivity contribution < 1.29 is 4.74 Å². The van der Waals surface area contributed by atoms with E-state index < -0.39 is 0 Å². The summed E-state index contributed by atoms with van der Waals surface area (Å²) in [4.78, 5) is 0. The molecule has 1 N–H and O–H groups in total. The molecule has 1 heterocycles. The van der Waals surface area contributed by atoms with Crippen LogP contribution in [0.1, 0.15) is 37.8 Å². The van der Waals surface area contributed by atoms with Crippen molar-refractivity contribution in [3.63, 3.8) is 0 Å². The second-order valence-corrected chi connectivity index (χ2v) is 6.34. The Kier molecular flexibility index (Phi) is 5.87. The Bertz CT molecular complexity index is 421. The maximum Gasteiger partial charge on any atom is 0.0820 e. The molecule has 5 heteroatoms. The number of rotatable bonds is 6. The van der Waals surface area contributed by atoms with Crippen molar-refractivity contribution in [3.8, 4) is 0 Å². The summed E-state index contributed by atoms with van der Waals surface area (Å²) in [5.74, 6) is 1.90. The van der Waals surface area contributed by atoms with E-state index in [1.807, 2.05) is 11.7 Å². The van der Waals surface area contributed by atoms with Gasteiger partial charge in [-0.05, 0) is 38.3 Å². The zero-order valence-electron chi connectivity index (χ0n) is 12.7. The molecule has 1 fully saturated rings. The van der Waals surface area contributed by atoms with Gasteiger partial charge in [0.15, 0.2) is 0 Å². The molecule has 0 saturated heterocycles. The van der Waals surface area contributed by atoms with Crippen LogP contribution >= 0.6 is 11.6 Å². The molecular formula is C15H26ClN3O. The summed E-state index contributed by atoms with van der Waals surface area (Å²) in [6.07, 6.45) is 5.55. The molecule has 4 nitrogen and oxygen atoms in total. The number of nitrogens with one attached hydrogen (secondary N) is 1. The average Bonchev–Trinajstić information content (AvgIpc) is 2.80. The molecule has 3 unspecified atom stereocenters. The van der Waals surface area contributed by atoms with Gasteiger partial charge in [-0.15, -0.1) is 0 Å². The number of ether oxygens (including phenoxy) is 1. The minimum absolute atomic E-state index is 0.498. The first-order valence-corrected chi connectivity index (χ1v) is 7.89. The van der Waals surface area contributed by atoms with Crippen LogP contribution in [0.2, 0.25) is 5.02 Å². The molecule has 0 bridgehead atoms. The topological polar surface area (TPSA) is 39.1 Å².